The van der Waals surface area contributed by atoms with Crippen LogP contribution in [0.1, 0.15) is 25.7 Å². The molecule has 0 aliphatic heterocycles. The predicted molar refractivity (Wildman–Crippen MR) is 56.6 cm³/mol. The van der Waals surface area contributed by atoms with E-state index in [4.69, 9.17) is 11.5 Å². The number of ketones is 2. The summed E-state index contributed by atoms with van der Waals surface area (Å²) in [6.45, 7) is -0.180. The van der Waals surface area contributed by atoms with Gasteiger partial charge in [-0.25, -0.2) is 0 Å². The van der Waals surface area contributed by atoms with Crippen LogP contribution in [0.25, 0.3) is 0 Å². The molecule has 0 unspecified atom stereocenters. The Labute approximate surface area is 123 Å². The zero-order valence-electron chi connectivity index (χ0n) is 10.6. The number of hydrogen-bond acceptors (Lipinski definition) is 8. The van der Waals surface area contributed by atoms with Crippen molar-refractivity contribution in [2.45, 2.75) is 25.7 Å². The van der Waals surface area contributed by atoms with E-state index in [1.807, 2.05) is 0 Å². The van der Waals surface area contributed by atoms with Crippen LogP contribution in [0.4, 0.5) is 0 Å². The number of hydrogen-bond donors (Lipinski definition) is 2. The van der Waals surface area contributed by atoms with Gasteiger partial charge >= 0.3 is 19.5 Å². The standard InChI is InChI=1S/2C5H9NO3.Zn/c2*6-3-4(7)1-2-5(8)9;/h2*1-3,6H2,(H,8,9);/q;;+2/p-2. The second kappa shape index (κ2) is 14.9. The summed E-state index contributed by atoms with van der Waals surface area (Å²) in [4.78, 5) is 40.0. The Balaban J connectivity index is -0.000000256. The molecule has 9 heteroatoms. The molecule has 0 saturated heterocycles. The first-order chi connectivity index (χ1) is 8.33. The van der Waals surface area contributed by atoms with Crippen LogP contribution < -0.4 is 21.7 Å². The van der Waals surface area contributed by atoms with E-state index in [-0.39, 0.29) is 69.8 Å². The Kier molecular flexibility index (Phi) is 18.0. The quantitative estimate of drug-likeness (QED) is 0.427. The molecule has 0 saturated carbocycles. The second-order valence-corrected chi connectivity index (χ2v) is 3.23. The third kappa shape index (κ3) is 22.5. The smallest absolute Gasteiger partial charge is 0.550 e. The summed E-state index contributed by atoms with van der Waals surface area (Å²) in [7, 11) is 0. The molecule has 0 fully saturated rings. The third-order valence-corrected chi connectivity index (χ3v) is 1.67. The largest absolute Gasteiger partial charge is 2.00 e. The van der Waals surface area contributed by atoms with Gasteiger partial charge in [0.1, 0.15) is 11.6 Å². The molecular weight excluding hydrogens is 310 g/mol. The molecule has 0 atom stereocenters. The van der Waals surface area contributed by atoms with Crippen LogP contribution in [0.5, 0.6) is 0 Å². The molecule has 0 aromatic carbocycles. The van der Waals surface area contributed by atoms with Crippen molar-refractivity contribution in [2.75, 3.05) is 13.1 Å². The number of carboxylic acids is 2. The topological polar surface area (TPSA) is 166 Å². The molecule has 0 spiro atoms. The first-order valence-electron chi connectivity index (χ1n) is 5.16. The molecule has 0 aliphatic rings. The Morgan fingerprint density at radius 2 is 0.947 bits per heavy atom. The van der Waals surface area contributed by atoms with E-state index in [9.17, 15) is 29.4 Å². The average molecular weight is 326 g/mol. The zero-order chi connectivity index (χ0) is 14.6. The van der Waals surface area contributed by atoms with E-state index in [1.54, 1.807) is 0 Å². The molecule has 8 nitrogen and oxygen atoms in total. The maximum absolute atomic E-state index is 10.3. The SMILES string of the molecule is NCC(=O)CCC(=O)[O-].NCC(=O)CCC(=O)[O-].[Zn+2]. The molecule has 0 aromatic heterocycles. The minimum absolute atomic E-state index is 0. The average Bonchev–Trinajstić information content (AvgIpc) is 2.33. The first-order valence-corrected chi connectivity index (χ1v) is 5.16. The molecule has 0 rings (SSSR count). The molecule has 4 N–H and O–H groups in total. The Bertz CT molecular complexity index is 278. The Hall–Kier alpha value is -1.18. The van der Waals surface area contributed by atoms with E-state index in [0.717, 1.165) is 0 Å². The van der Waals surface area contributed by atoms with Gasteiger partial charge in [0.15, 0.2) is 0 Å². The number of carbonyl (C=O) groups is 4. The summed E-state index contributed by atoms with van der Waals surface area (Å²) in [5.41, 5.74) is 9.79. The Morgan fingerprint density at radius 3 is 1.11 bits per heavy atom. The predicted octanol–water partition coefficient (Wildman–Crippen LogP) is -3.91. The fourth-order valence-corrected chi connectivity index (χ4v) is 0.687. The number of nitrogens with two attached hydrogens (primary N) is 2. The third-order valence-electron chi connectivity index (χ3n) is 1.67. The summed E-state index contributed by atoms with van der Waals surface area (Å²) in [5.74, 6) is -2.92. The van der Waals surface area contributed by atoms with Gasteiger partial charge < -0.3 is 31.3 Å². The van der Waals surface area contributed by atoms with Crippen LogP contribution in [0, 0.1) is 0 Å². The summed E-state index contributed by atoms with van der Waals surface area (Å²) >= 11 is 0. The zero-order valence-corrected chi connectivity index (χ0v) is 13.5. The molecule has 19 heavy (non-hydrogen) atoms. The van der Waals surface area contributed by atoms with E-state index >= 15 is 0 Å². The number of rotatable bonds is 8. The molecule has 0 aliphatic carbocycles. The van der Waals surface area contributed by atoms with Crippen LogP contribution in [0.3, 0.4) is 0 Å². The van der Waals surface area contributed by atoms with Gasteiger partial charge in [0.2, 0.25) is 0 Å². The summed E-state index contributed by atoms with van der Waals surface area (Å²) in [6.07, 6.45) is -0.482. The number of carbonyl (C=O) groups excluding carboxylic acids is 4. The van der Waals surface area contributed by atoms with Crippen LogP contribution in [0.2, 0.25) is 0 Å². The van der Waals surface area contributed by atoms with Crippen molar-refractivity contribution in [1.29, 1.82) is 0 Å². The minimum atomic E-state index is -1.21. The van der Waals surface area contributed by atoms with Crippen molar-refractivity contribution in [3.05, 3.63) is 0 Å². The normalized spacial score (nSPS) is 8.53. The van der Waals surface area contributed by atoms with Gasteiger partial charge in [-0.2, -0.15) is 0 Å². The van der Waals surface area contributed by atoms with Gasteiger partial charge in [0.05, 0.1) is 13.1 Å². The van der Waals surface area contributed by atoms with Gasteiger partial charge in [-0.15, -0.1) is 0 Å². The molecule has 0 heterocycles. The maximum Gasteiger partial charge on any atom is 2.00 e. The van der Waals surface area contributed by atoms with Crippen molar-refractivity contribution < 1.29 is 48.9 Å². The molecule has 0 amide bonds. The van der Waals surface area contributed by atoms with E-state index in [0.29, 0.717) is 0 Å². The molecular formula is C10H16N2O6Zn. The van der Waals surface area contributed by atoms with E-state index in [2.05, 4.69) is 0 Å². The Morgan fingerprint density at radius 1 is 0.684 bits per heavy atom. The van der Waals surface area contributed by atoms with Gasteiger partial charge in [0, 0.05) is 24.8 Å². The van der Waals surface area contributed by atoms with Gasteiger partial charge in [-0.05, 0) is 12.8 Å². The summed E-state index contributed by atoms with van der Waals surface area (Å²) in [6, 6.07) is 0. The fourth-order valence-electron chi connectivity index (χ4n) is 0.687. The van der Waals surface area contributed by atoms with Gasteiger partial charge in [0.25, 0.3) is 0 Å². The second-order valence-electron chi connectivity index (χ2n) is 3.23. The molecule has 104 valence electrons. The van der Waals surface area contributed by atoms with Crippen LogP contribution >= 0.6 is 0 Å². The first kappa shape index (κ1) is 23.0. The van der Waals surface area contributed by atoms with Crippen molar-refractivity contribution in [2.24, 2.45) is 11.5 Å². The van der Waals surface area contributed by atoms with E-state index in [1.165, 1.54) is 0 Å². The molecule has 0 bridgehead atoms. The number of carboxylic acid groups (broad SMARTS) is 2. The minimum Gasteiger partial charge on any atom is -0.550 e. The van der Waals surface area contributed by atoms with E-state index < -0.39 is 11.9 Å². The fraction of sp³-hybridized carbons (Fsp3) is 0.600. The molecule has 0 aromatic rings. The van der Waals surface area contributed by atoms with Gasteiger partial charge in [-0.3, -0.25) is 9.59 Å². The summed E-state index contributed by atoms with van der Waals surface area (Å²) < 4.78 is 0. The van der Waals surface area contributed by atoms with Gasteiger partial charge in [-0.1, -0.05) is 0 Å². The van der Waals surface area contributed by atoms with Crippen molar-refractivity contribution in [3.63, 3.8) is 0 Å². The van der Waals surface area contributed by atoms with Crippen molar-refractivity contribution in [1.82, 2.24) is 0 Å². The number of Topliss-reactive ketones (excluding diaryl/α,β-unsaturated/α-hetero) is 2. The van der Waals surface area contributed by atoms with Crippen molar-refractivity contribution >= 4 is 23.5 Å². The van der Waals surface area contributed by atoms with Crippen LogP contribution in [0.15, 0.2) is 0 Å². The van der Waals surface area contributed by atoms with Crippen molar-refractivity contribution in [3.8, 4) is 0 Å². The number of aliphatic carboxylic acids is 2. The monoisotopic (exact) mass is 324 g/mol. The summed E-state index contributed by atoms with van der Waals surface area (Å²) in [5, 5.41) is 19.4. The molecule has 0 radical (unpaired) electrons. The maximum atomic E-state index is 10.3. The van der Waals surface area contributed by atoms with Crippen LogP contribution in [-0.4, -0.2) is 36.6 Å². The van der Waals surface area contributed by atoms with Crippen LogP contribution in [-0.2, 0) is 38.7 Å².